The Kier molecular flexibility index (Phi) is 3.60. The molecule has 0 amide bonds. The molecule has 1 rings (SSSR count). The van der Waals surface area contributed by atoms with Gasteiger partial charge in [0, 0.05) is 6.42 Å². The van der Waals surface area contributed by atoms with Crippen LogP contribution in [0.1, 0.15) is 20.3 Å². The highest BCUT2D eigenvalue weighted by atomic mass is 16.5. The summed E-state index contributed by atoms with van der Waals surface area (Å²) in [6.45, 7) is 2.98. The Morgan fingerprint density at radius 3 is 2.29 bits per heavy atom. The quantitative estimate of drug-likeness (QED) is 0.528. The van der Waals surface area contributed by atoms with Gasteiger partial charge in [-0.2, -0.15) is 0 Å². The third-order valence-corrected chi connectivity index (χ3v) is 2.44. The monoisotopic (exact) mass is 204 g/mol. The number of Topliss-reactive ketones (excluding diaryl/α,β-unsaturated/α-hetero) is 1. The van der Waals surface area contributed by atoms with Gasteiger partial charge in [0.15, 0.2) is 0 Å². The predicted octanol–water partition coefficient (Wildman–Crippen LogP) is -1.16. The summed E-state index contributed by atoms with van der Waals surface area (Å²) in [5, 5.41) is 28.2. The second-order valence-corrected chi connectivity index (χ2v) is 3.76. The number of aliphatic hydroxyl groups excluding tert-OH is 3. The number of ketones is 1. The zero-order valence-electron chi connectivity index (χ0n) is 8.25. The van der Waals surface area contributed by atoms with E-state index in [1.54, 1.807) is 6.92 Å². The summed E-state index contributed by atoms with van der Waals surface area (Å²) in [5.41, 5.74) is 0. The third kappa shape index (κ3) is 2.30. The first-order valence-corrected chi connectivity index (χ1v) is 4.62. The fourth-order valence-electron chi connectivity index (χ4n) is 1.59. The van der Waals surface area contributed by atoms with Crippen molar-refractivity contribution in [2.75, 3.05) is 0 Å². The molecule has 0 aromatic carbocycles. The van der Waals surface area contributed by atoms with Crippen molar-refractivity contribution in [3.05, 3.63) is 0 Å². The molecule has 0 radical (unpaired) electrons. The number of hydrogen-bond donors (Lipinski definition) is 3. The molecule has 1 fully saturated rings. The molecule has 5 nitrogen and oxygen atoms in total. The zero-order chi connectivity index (χ0) is 10.9. The summed E-state index contributed by atoms with van der Waals surface area (Å²) >= 11 is 0. The Balaban J connectivity index is 2.65. The summed E-state index contributed by atoms with van der Waals surface area (Å²) in [6, 6.07) is 0. The number of ether oxygens (including phenoxy) is 1. The molecule has 1 unspecified atom stereocenters. The topological polar surface area (TPSA) is 87.0 Å². The van der Waals surface area contributed by atoms with E-state index in [1.165, 1.54) is 6.92 Å². The van der Waals surface area contributed by atoms with Crippen LogP contribution >= 0.6 is 0 Å². The lowest BCUT2D eigenvalue weighted by atomic mass is 9.93. The second-order valence-electron chi connectivity index (χ2n) is 3.76. The van der Waals surface area contributed by atoms with Crippen molar-refractivity contribution < 1.29 is 24.9 Å². The van der Waals surface area contributed by atoms with Crippen LogP contribution in [0, 0.1) is 0 Å². The van der Waals surface area contributed by atoms with Crippen molar-refractivity contribution in [1.82, 2.24) is 0 Å². The van der Waals surface area contributed by atoms with Crippen LogP contribution in [0.2, 0.25) is 0 Å². The number of carbonyl (C=O) groups excluding carboxylic acids is 1. The maximum Gasteiger partial charge on any atom is 0.132 e. The van der Waals surface area contributed by atoms with Gasteiger partial charge in [-0.25, -0.2) is 0 Å². The minimum absolute atomic E-state index is 0.0509. The summed E-state index contributed by atoms with van der Waals surface area (Å²) in [5.74, 6) is -0.121. The summed E-state index contributed by atoms with van der Waals surface area (Å²) in [4.78, 5) is 10.8. The van der Waals surface area contributed by atoms with E-state index in [0.29, 0.717) is 0 Å². The van der Waals surface area contributed by atoms with E-state index in [4.69, 9.17) is 4.74 Å². The van der Waals surface area contributed by atoms with Crippen LogP contribution in [-0.4, -0.2) is 51.6 Å². The smallest absolute Gasteiger partial charge is 0.132 e. The molecule has 1 heterocycles. The zero-order valence-corrected chi connectivity index (χ0v) is 8.25. The Bertz CT molecular complexity index is 217. The lowest BCUT2D eigenvalue weighted by Crippen LogP contribution is -2.56. The molecule has 1 aliphatic heterocycles. The maximum absolute atomic E-state index is 10.8. The van der Waals surface area contributed by atoms with Crippen molar-refractivity contribution in [3.63, 3.8) is 0 Å². The fourth-order valence-corrected chi connectivity index (χ4v) is 1.59. The van der Waals surface area contributed by atoms with Crippen LogP contribution in [0.25, 0.3) is 0 Å². The van der Waals surface area contributed by atoms with Gasteiger partial charge >= 0.3 is 0 Å². The molecule has 82 valence electrons. The summed E-state index contributed by atoms with van der Waals surface area (Å²) < 4.78 is 5.21. The molecule has 1 saturated heterocycles. The summed E-state index contributed by atoms with van der Waals surface area (Å²) in [7, 11) is 0. The van der Waals surface area contributed by atoms with E-state index in [0.717, 1.165) is 0 Å². The summed E-state index contributed by atoms with van der Waals surface area (Å²) in [6.07, 6.45) is -4.80. The Morgan fingerprint density at radius 2 is 1.79 bits per heavy atom. The van der Waals surface area contributed by atoms with E-state index in [1.807, 2.05) is 0 Å². The maximum atomic E-state index is 10.8. The van der Waals surface area contributed by atoms with Gasteiger partial charge in [-0.15, -0.1) is 0 Å². The normalized spacial score (nSPS) is 43.6. The van der Waals surface area contributed by atoms with Gasteiger partial charge in [-0.1, -0.05) is 0 Å². The third-order valence-electron chi connectivity index (χ3n) is 2.44. The van der Waals surface area contributed by atoms with Gasteiger partial charge in [-0.05, 0) is 13.8 Å². The van der Waals surface area contributed by atoms with Gasteiger partial charge < -0.3 is 20.1 Å². The number of carbonyl (C=O) groups is 1. The van der Waals surface area contributed by atoms with Crippen molar-refractivity contribution in [1.29, 1.82) is 0 Å². The highest BCUT2D eigenvalue weighted by Crippen LogP contribution is 2.22. The molecule has 1 aliphatic rings. The molecule has 3 N–H and O–H groups in total. The molecule has 0 spiro atoms. The number of aliphatic hydroxyl groups is 3. The molecule has 0 aliphatic carbocycles. The van der Waals surface area contributed by atoms with Gasteiger partial charge in [0.05, 0.1) is 12.2 Å². The van der Waals surface area contributed by atoms with E-state index < -0.39 is 30.5 Å². The molecule has 0 aromatic heterocycles. The molecular formula is C9H16O5. The average molecular weight is 204 g/mol. The van der Waals surface area contributed by atoms with Gasteiger partial charge in [0.25, 0.3) is 0 Å². The Morgan fingerprint density at radius 1 is 1.21 bits per heavy atom. The molecule has 0 saturated carbocycles. The standard InChI is InChI=1S/C9H16O5/c1-4(10)3-6-8(12)9(13)7(11)5(2)14-6/h5-9,11-13H,3H2,1-2H3/t5-,6?,7+,8+,9+/m1/s1. The molecule has 0 bridgehead atoms. The lowest BCUT2D eigenvalue weighted by Gasteiger charge is -2.39. The first kappa shape index (κ1) is 11.6. The van der Waals surface area contributed by atoms with Crippen LogP contribution in [0.4, 0.5) is 0 Å². The van der Waals surface area contributed by atoms with Crippen molar-refractivity contribution in [2.24, 2.45) is 0 Å². The van der Waals surface area contributed by atoms with Gasteiger partial charge in [0.1, 0.15) is 24.1 Å². The molecule has 0 aromatic rings. The largest absolute Gasteiger partial charge is 0.388 e. The Hall–Kier alpha value is -0.490. The van der Waals surface area contributed by atoms with Crippen LogP contribution in [0.15, 0.2) is 0 Å². The van der Waals surface area contributed by atoms with Crippen LogP contribution in [-0.2, 0) is 9.53 Å². The highest BCUT2D eigenvalue weighted by Gasteiger charge is 2.41. The average Bonchev–Trinajstić information content (AvgIpc) is 2.10. The second kappa shape index (κ2) is 4.35. The predicted molar refractivity (Wildman–Crippen MR) is 47.7 cm³/mol. The first-order chi connectivity index (χ1) is 6.43. The van der Waals surface area contributed by atoms with Crippen LogP contribution < -0.4 is 0 Å². The van der Waals surface area contributed by atoms with Crippen LogP contribution in [0.5, 0.6) is 0 Å². The minimum Gasteiger partial charge on any atom is -0.388 e. The molecule has 5 atom stereocenters. The molecule has 5 heteroatoms. The molecular weight excluding hydrogens is 188 g/mol. The van der Waals surface area contributed by atoms with E-state index in [-0.39, 0.29) is 12.2 Å². The number of hydrogen-bond acceptors (Lipinski definition) is 5. The van der Waals surface area contributed by atoms with E-state index in [2.05, 4.69) is 0 Å². The van der Waals surface area contributed by atoms with E-state index in [9.17, 15) is 20.1 Å². The number of rotatable bonds is 2. The van der Waals surface area contributed by atoms with E-state index >= 15 is 0 Å². The van der Waals surface area contributed by atoms with Gasteiger partial charge in [-0.3, -0.25) is 4.79 Å². The SMILES string of the molecule is CC(=O)CC1O[C@H](C)[C@H](O)[C@H](O)[C@H]1O. The van der Waals surface area contributed by atoms with Gasteiger partial charge in [0.2, 0.25) is 0 Å². The van der Waals surface area contributed by atoms with Crippen molar-refractivity contribution in [3.8, 4) is 0 Å². The fraction of sp³-hybridized carbons (Fsp3) is 0.889. The Labute approximate surface area is 82.3 Å². The first-order valence-electron chi connectivity index (χ1n) is 4.62. The minimum atomic E-state index is -1.25. The lowest BCUT2D eigenvalue weighted by molar-refractivity contribution is -0.217. The van der Waals surface area contributed by atoms with Crippen molar-refractivity contribution >= 4 is 5.78 Å². The molecule has 14 heavy (non-hydrogen) atoms. The van der Waals surface area contributed by atoms with Crippen LogP contribution in [0.3, 0.4) is 0 Å². The highest BCUT2D eigenvalue weighted by molar-refractivity contribution is 5.76. The van der Waals surface area contributed by atoms with Crippen molar-refractivity contribution in [2.45, 2.75) is 50.8 Å².